The molecule has 0 saturated carbocycles. The van der Waals surface area contributed by atoms with Crippen molar-refractivity contribution >= 4 is 11.3 Å². The Hall–Kier alpha value is -0.450. The standard InChI is InChI=1S/C13H23N3S/c1-11(2)13(4-6-15-10-13)9-14-5-3-12-16-7-8-17-12/h7-8,11,14-15H,3-6,9-10H2,1-2H3. The lowest BCUT2D eigenvalue weighted by atomic mass is 9.76. The molecule has 3 nitrogen and oxygen atoms in total. The van der Waals surface area contributed by atoms with Gasteiger partial charge in [0.05, 0.1) is 5.01 Å². The topological polar surface area (TPSA) is 37.0 Å². The van der Waals surface area contributed by atoms with E-state index >= 15 is 0 Å². The summed E-state index contributed by atoms with van der Waals surface area (Å²) in [6, 6.07) is 0. The maximum absolute atomic E-state index is 4.30. The van der Waals surface area contributed by atoms with Gasteiger partial charge in [0, 0.05) is 37.6 Å². The predicted octanol–water partition coefficient (Wildman–Crippen LogP) is 1.91. The maximum Gasteiger partial charge on any atom is 0.0937 e. The molecule has 1 aliphatic heterocycles. The summed E-state index contributed by atoms with van der Waals surface area (Å²) in [5.41, 5.74) is 0.461. The van der Waals surface area contributed by atoms with Gasteiger partial charge >= 0.3 is 0 Å². The second-order valence-corrected chi connectivity index (χ2v) is 6.28. The number of hydrogen-bond acceptors (Lipinski definition) is 4. The molecule has 2 N–H and O–H groups in total. The minimum atomic E-state index is 0.461. The lowest BCUT2D eigenvalue weighted by Gasteiger charge is -2.33. The average molecular weight is 253 g/mol. The highest BCUT2D eigenvalue weighted by Gasteiger charge is 2.36. The molecule has 0 spiro atoms. The van der Waals surface area contributed by atoms with E-state index in [0.29, 0.717) is 5.41 Å². The second kappa shape index (κ2) is 5.94. The van der Waals surface area contributed by atoms with Gasteiger partial charge in [0.1, 0.15) is 0 Å². The van der Waals surface area contributed by atoms with Crippen LogP contribution in [0.15, 0.2) is 11.6 Å². The van der Waals surface area contributed by atoms with Gasteiger partial charge in [-0.1, -0.05) is 13.8 Å². The molecule has 0 aliphatic carbocycles. The third-order valence-corrected chi connectivity index (χ3v) is 4.82. The summed E-state index contributed by atoms with van der Waals surface area (Å²) in [6.45, 7) is 9.19. The smallest absolute Gasteiger partial charge is 0.0937 e. The quantitative estimate of drug-likeness (QED) is 0.761. The van der Waals surface area contributed by atoms with E-state index in [-0.39, 0.29) is 0 Å². The first-order valence-corrected chi connectivity index (χ1v) is 7.41. The normalized spacial score (nSPS) is 24.6. The molecule has 1 saturated heterocycles. The van der Waals surface area contributed by atoms with Gasteiger partial charge < -0.3 is 10.6 Å². The van der Waals surface area contributed by atoms with Crippen LogP contribution in [-0.4, -0.2) is 31.2 Å². The van der Waals surface area contributed by atoms with Crippen LogP contribution in [0.2, 0.25) is 0 Å². The Bertz CT molecular complexity index is 315. The summed E-state index contributed by atoms with van der Waals surface area (Å²) in [5, 5.41) is 10.4. The number of nitrogens with one attached hydrogen (secondary N) is 2. The van der Waals surface area contributed by atoms with Gasteiger partial charge in [0.25, 0.3) is 0 Å². The maximum atomic E-state index is 4.30. The van der Waals surface area contributed by atoms with Crippen LogP contribution in [0, 0.1) is 11.3 Å². The fraction of sp³-hybridized carbons (Fsp3) is 0.769. The van der Waals surface area contributed by atoms with E-state index in [1.807, 2.05) is 11.6 Å². The Balaban J connectivity index is 1.73. The Morgan fingerprint density at radius 3 is 3.06 bits per heavy atom. The molecule has 1 aromatic heterocycles. The van der Waals surface area contributed by atoms with Gasteiger partial charge in [-0.15, -0.1) is 11.3 Å². The van der Waals surface area contributed by atoms with Crippen LogP contribution in [-0.2, 0) is 6.42 Å². The van der Waals surface area contributed by atoms with Crippen LogP contribution < -0.4 is 10.6 Å². The molecule has 0 radical (unpaired) electrons. The number of nitrogens with zero attached hydrogens (tertiary/aromatic N) is 1. The zero-order valence-corrected chi connectivity index (χ0v) is 11.6. The molecule has 0 aromatic carbocycles. The van der Waals surface area contributed by atoms with Crippen molar-refractivity contribution in [2.45, 2.75) is 26.7 Å². The van der Waals surface area contributed by atoms with Crippen molar-refractivity contribution in [3.63, 3.8) is 0 Å². The average Bonchev–Trinajstić information content (AvgIpc) is 2.96. The van der Waals surface area contributed by atoms with Gasteiger partial charge in [0.2, 0.25) is 0 Å². The molecule has 1 aliphatic rings. The number of aromatic nitrogens is 1. The summed E-state index contributed by atoms with van der Waals surface area (Å²) in [6.07, 6.45) is 4.24. The Morgan fingerprint density at radius 1 is 1.59 bits per heavy atom. The van der Waals surface area contributed by atoms with Crippen molar-refractivity contribution in [2.24, 2.45) is 11.3 Å². The van der Waals surface area contributed by atoms with Crippen LogP contribution in [0.1, 0.15) is 25.3 Å². The van der Waals surface area contributed by atoms with E-state index in [9.17, 15) is 0 Å². The molecule has 96 valence electrons. The fourth-order valence-electron chi connectivity index (χ4n) is 2.52. The van der Waals surface area contributed by atoms with Gasteiger partial charge in [-0.2, -0.15) is 0 Å². The summed E-state index contributed by atoms with van der Waals surface area (Å²) >= 11 is 1.75. The van der Waals surface area contributed by atoms with E-state index in [2.05, 4.69) is 29.5 Å². The van der Waals surface area contributed by atoms with Crippen LogP contribution in [0.5, 0.6) is 0 Å². The van der Waals surface area contributed by atoms with E-state index in [0.717, 1.165) is 32.0 Å². The van der Waals surface area contributed by atoms with Crippen molar-refractivity contribution in [1.82, 2.24) is 15.6 Å². The van der Waals surface area contributed by atoms with Crippen molar-refractivity contribution < 1.29 is 0 Å². The molecular formula is C13H23N3S. The number of rotatable bonds is 6. The lowest BCUT2D eigenvalue weighted by molar-refractivity contribution is 0.209. The van der Waals surface area contributed by atoms with Crippen molar-refractivity contribution in [3.05, 3.63) is 16.6 Å². The van der Waals surface area contributed by atoms with E-state index in [1.165, 1.54) is 18.0 Å². The summed E-state index contributed by atoms with van der Waals surface area (Å²) in [5.74, 6) is 0.741. The predicted molar refractivity (Wildman–Crippen MR) is 73.4 cm³/mol. The summed E-state index contributed by atoms with van der Waals surface area (Å²) < 4.78 is 0. The number of thiazole rings is 1. The summed E-state index contributed by atoms with van der Waals surface area (Å²) in [4.78, 5) is 4.30. The summed E-state index contributed by atoms with van der Waals surface area (Å²) in [7, 11) is 0. The fourth-order valence-corrected chi connectivity index (χ4v) is 3.14. The van der Waals surface area contributed by atoms with Gasteiger partial charge in [0.15, 0.2) is 0 Å². The highest BCUT2D eigenvalue weighted by Crippen LogP contribution is 2.33. The molecular weight excluding hydrogens is 230 g/mol. The minimum absolute atomic E-state index is 0.461. The van der Waals surface area contributed by atoms with Gasteiger partial charge in [-0.05, 0) is 24.3 Å². The SMILES string of the molecule is CC(C)C1(CNCCc2nccs2)CCNC1. The first-order valence-electron chi connectivity index (χ1n) is 6.53. The molecule has 0 bridgehead atoms. The highest BCUT2D eigenvalue weighted by molar-refractivity contribution is 7.09. The molecule has 17 heavy (non-hydrogen) atoms. The van der Waals surface area contributed by atoms with Crippen molar-refractivity contribution in [1.29, 1.82) is 0 Å². The molecule has 2 rings (SSSR count). The third kappa shape index (κ3) is 3.27. The molecule has 1 unspecified atom stereocenters. The third-order valence-electron chi connectivity index (χ3n) is 3.98. The first-order chi connectivity index (χ1) is 8.23. The zero-order chi connectivity index (χ0) is 12.1. The first kappa shape index (κ1) is 13.0. The van der Waals surface area contributed by atoms with Crippen LogP contribution in [0.4, 0.5) is 0 Å². The molecule has 0 amide bonds. The molecule has 1 atom stereocenters. The van der Waals surface area contributed by atoms with Crippen LogP contribution in [0.25, 0.3) is 0 Å². The molecule has 2 heterocycles. The monoisotopic (exact) mass is 253 g/mol. The van der Waals surface area contributed by atoms with Crippen LogP contribution >= 0.6 is 11.3 Å². The Labute approximate surface area is 108 Å². The number of hydrogen-bond donors (Lipinski definition) is 2. The zero-order valence-electron chi connectivity index (χ0n) is 10.8. The lowest BCUT2D eigenvalue weighted by Crippen LogP contribution is -2.40. The second-order valence-electron chi connectivity index (χ2n) is 5.30. The Morgan fingerprint density at radius 2 is 2.47 bits per heavy atom. The Kier molecular flexibility index (Phi) is 4.54. The molecule has 1 aromatic rings. The van der Waals surface area contributed by atoms with E-state index in [4.69, 9.17) is 0 Å². The van der Waals surface area contributed by atoms with Crippen LogP contribution in [0.3, 0.4) is 0 Å². The molecule has 1 fully saturated rings. The van der Waals surface area contributed by atoms with Gasteiger partial charge in [-0.3, -0.25) is 0 Å². The minimum Gasteiger partial charge on any atom is -0.316 e. The van der Waals surface area contributed by atoms with Crippen molar-refractivity contribution in [3.8, 4) is 0 Å². The van der Waals surface area contributed by atoms with Crippen molar-refractivity contribution in [2.75, 3.05) is 26.2 Å². The largest absolute Gasteiger partial charge is 0.316 e. The van der Waals surface area contributed by atoms with E-state index in [1.54, 1.807) is 11.3 Å². The highest BCUT2D eigenvalue weighted by atomic mass is 32.1. The van der Waals surface area contributed by atoms with E-state index < -0.39 is 0 Å². The molecule has 4 heteroatoms. The van der Waals surface area contributed by atoms with Gasteiger partial charge in [-0.25, -0.2) is 4.98 Å².